The predicted octanol–water partition coefficient (Wildman–Crippen LogP) is -3.40. The third-order valence-electron chi connectivity index (χ3n) is 20.5. The van der Waals surface area contributed by atoms with Crippen molar-refractivity contribution in [3.8, 4) is 0 Å². The molecule has 45 heteroatoms. The molecule has 2 aromatic rings. The van der Waals surface area contributed by atoms with Crippen molar-refractivity contribution in [2.75, 3.05) is 38.5 Å². The van der Waals surface area contributed by atoms with Gasteiger partial charge in [0.2, 0.25) is 94.5 Å². The summed E-state index contributed by atoms with van der Waals surface area (Å²) in [6, 6.07) is -11.0. The number of carbonyl (C=O) groups is 18. The first kappa shape index (κ1) is 109. The monoisotopic (exact) mass is 1830 g/mol. The highest BCUT2D eigenvalue weighted by atomic mass is 32.1. The van der Waals surface area contributed by atoms with Gasteiger partial charge in [0.15, 0.2) is 5.96 Å². The number of nitrogens with zero attached hydrogens (tertiary/aromatic N) is 3. The number of likely N-dealkylation sites (tertiary alicyclic amines) is 2. The van der Waals surface area contributed by atoms with Crippen LogP contribution >= 0.6 is 12.6 Å². The van der Waals surface area contributed by atoms with Crippen molar-refractivity contribution in [1.29, 1.82) is 0 Å². The Morgan fingerprint density at radius 1 is 0.492 bits per heavy atom. The molecule has 0 unspecified atom stereocenters. The summed E-state index contributed by atoms with van der Waals surface area (Å²) in [6.45, 7) is 15.4. The summed E-state index contributed by atoms with van der Waals surface area (Å²) >= 11 is 4.25. The maximum atomic E-state index is 15.7. The van der Waals surface area contributed by atoms with Gasteiger partial charge < -0.3 is 117 Å². The minimum atomic E-state index is -2.12. The standard InChI is InChI=1S/C83H127F3N20O21S/c1-40(2)25-51(87)70(115)102-60(39-128)76(121)99-56(28-43(7)8)73(118)97-53(19-15-23-91-83(89)90)81(126)105-24-16-20-61(105)77(122)103-67(44(9)10)79(124)92-36-63(108)94-55(27-42(5)6)72(117)101-59(35-66(112)113)82(127)106-38-50(86)34-62(106)78(123)96-52(21-22-65(110)111)71(116)104-68(45(11)107)80(125)93-37-64(109)95-57(32-47-29-48(84)33-49(85)30-47)74(119)100-58(31-46-17-13-12-14-18-46)75(120)98-54(69(88)114)26-41(3)4/h12-14,17-18,29-30,33,40-45,50-62,67-68,107,128H,15-16,19-28,31-32,34-39,87H2,1-11H3,(H2,88,114)(H,92,124)(H,93,125)(H,94,108)(H,95,109)(H,96,123)(H,97,118)(H,98,120)(H,99,121)(H,100,119)(H,101,117)(H,102,115)(H,103,122)(H,104,116)(H,110,111)(H,112,113)(H4,89,90,91)/t45-,50+,51+,52+,53+,54+,55+,56+,57+,58+,59+,60+,61+,62+,67+,68+/m1/s1. The molecule has 2 heterocycles. The van der Waals surface area contributed by atoms with E-state index in [-0.39, 0.29) is 93.1 Å². The topological polar surface area (TPSA) is 647 Å². The van der Waals surface area contributed by atoms with Crippen LogP contribution in [0.4, 0.5) is 13.2 Å². The molecule has 0 aromatic heterocycles. The number of amides is 16. The molecule has 2 fully saturated rings. The van der Waals surface area contributed by atoms with E-state index in [9.17, 15) is 110 Å². The lowest BCUT2D eigenvalue weighted by Crippen LogP contribution is -2.61. The van der Waals surface area contributed by atoms with Crippen LogP contribution in [0.3, 0.4) is 0 Å². The molecule has 0 bridgehead atoms. The van der Waals surface area contributed by atoms with Crippen LogP contribution in [0.1, 0.15) is 164 Å². The lowest BCUT2D eigenvalue weighted by Gasteiger charge is -2.31. The molecule has 16 atom stereocenters. The molecule has 2 aromatic carbocycles. The average Bonchev–Trinajstić information content (AvgIpc) is 1.65. The van der Waals surface area contributed by atoms with Gasteiger partial charge in [0, 0.05) is 50.6 Å². The van der Waals surface area contributed by atoms with Crippen molar-refractivity contribution in [3.63, 3.8) is 0 Å². The Kier molecular flexibility index (Phi) is 45.1. The second-order valence-electron chi connectivity index (χ2n) is 34.0. The van der Waals surface area contributed by atoms with E-state index in [0.29, 0.717) is 29.4 Å². The van der Waals surface area contributed by atoms with Crippen LogP contribution in [-0.4, -0.2) is 273 Å². The van der Waals surface area contributed by atoms with Crippen LogP contribution in [0, 0.1) is 41.2 Å². The molecular weight excluding hydrogens is 1700 g/mol. The maximum Gasteiger partial charge on any atom is 0.305 e. The molecule has 0 radical (unpaired) electrons. The number of aliphatic hydroxyl groups excluding tert-OH is 1. The highest BCUT2D eigenvalue weighted by Gasteiger charge is 2.46. The first-order chi connectivity index (χ1) is 60.0. The molecular formula is C83H127F3N20O21S. The number of halogens is 3. The SMILES string of the molecule is CC(C)C[C@H](NC(=O)[C@H](Cc1ccccc1)NC(=O)[C@H](Cc1cc(F)cc(F)c1)NC(=O)CNC(=O)[C@@H](NC(=O)[C@H](CCC(=O)O)NC(=O)[C@@H]1C[C@H](F)CN1C(=O)[C@H](CC(=O)O)NC(=O)[C@H](CC(C)C)NC(=O)CNC(=O)[C@@H](NC(=O)[C@@H]1CCCN1C(=O)[C@H](CCCN=C(N)N)NC(=O)[C@H](CC(C)C)NC(=O)[C@H](CS)NC(=O)[C@@H](N)CC(C)C)C(C)C)[C@@H](C)O)C(N)=O. The molecule has 2 aliphatic heterocycles. The van der Waals surface area contributed by atoms with Gasteiger partial charge in [-0.3, -0.25) is 91.3 Å². The Bertz CT molecular complexity index is 4220. The smallest absolute Gasteiger partial charge is 0.305 e. The van der Waals surface area contributed by atoms with Crippen molar-refractivity contribution >= 4 is 125 Å². The summed E-state index contributed by atoms with van der Waals surface area (Å²) in [5.41, 5.74) is 23.1. The molecule has 712 valence electrons. The van der Waals surface area contributed by atoms with Gasteiger partial charge in [-0.05, 0) is 118 Å². The van der Waals surface area contributed by atoms with Gasteiger partial charge in [-0.15, -0.1) is 0 Å². The Morgan fingerprint density at radius 3 is 1.48 bits per heavy atom. The normalized spacial score (nSPS) is 17.3. The number of rotatable bonds is 53. The number of hydrogen-bond donors (Lipinski definition) is 21. The second kappa shape index (κ2) is 53.1. The van der Waals surface area contributed by atoms with Gasteiger partial charge in [-0.2, -0.15) is 12.6 Å². The molecule has 128 heavy (non-hydrogen) atoms. The number of aliphatic hydroxyl groups is 1. The number of alkyl halides is 1. The number of carboxylic acids is 2. The van der Waals surface area contributed by atoms with Crippen LogP contribution in [0.2, 0.25) is 0 Å². The van der Waals surface area contributed by atoms with E-state index in [1.807, 2.05) is 13.8 Å². The minimum Gasteiger partial charge on any atom is -0.481 e. The molecule has 41 nitrogen and oxygen atoms in total. The molecule has 0 aliphatic carbocycles. The molecule has 24 N–H and O–H groups in total. The number of thiol groups is 1. The fourth-order valence-corrected chi connectivity index (χ4v) is 14.5. The second-order valence-corrected chi connectivity index (χ2v) is 34.3. The van der Waals surface area contributed by atoms with Crippen molar-refractivity contribution in [2.45, 2.75) is 263 Å². The van der Waals surface area contributed by atoms with Gasteiger partial charge in [0.05, 0.1) is 38.2 Å². The number of benzene rings is 2. The van der Waals surface area contributed by atoms with Crippen LogP contribution in [0.5, 0.6) is 0 Å². The predicted molar refractivity (Wildman–Crippen MR) is 462 cm³/mol. The summed E-state index contributed by atoms with van der Waals surface area (Å²) in [6.07, 6.45) is -7.68. The fourth-order valence-electron chi connectivity index (χ4n) is 14.2. The zero-order valence-electron chi connectivity index (χ0n) is 73.8. The third-order valence-corrected chi connectivity index (χ3v) is 20.9. The van der Waals surface area contributed by atoms with Crippen LogP contribution in [0.15, 0.2) is 53.5 Å². The lowest BCUT2D eigenvalue weighted by molar-refractivity contribution is -0.146. The number of nitrogens with two attached hydrogens (primary N) is 4. The number of aliphatic carboxylic acids is 2. The van der Waals surface area contributed by atoms with E-state index in [4.69, 9.17) is 22.9 Å². The summed E-state index contributed by atoms with van der Waals surface area (Å²) in [4.78, 5) is 253. The number of primary amides is 1. The number of guanidine groups is 1. The van der Waals surface area contributed by atoms with Gasteiger partial charge >= 0.3 is 11.9 Å². The van der Waals surface area contributed by atoms with Crippen molar-refractivity contribution in [1.82, 2.24) is 78.9 Å². The van der Waals surface area contributed by atoms with E-state index < -0.39 is 279 Å². The van der Waals surface area contributed by atoms with Crippen LogP contribution in [0.25, 0.3) is 0 Å². The first-order valence-electron chi connectivity index (χ1n) is 42.4. The minimum absolute atomic E-state index is 0.0205. The molecule has 0 spiro atoms. The number of hydrogen-bond acceptors (Lipinski definition) is 22. The third kappa shape index (κ3) is 37.3. The highest BCUT2D eigenvalue weighted by Crippen LogP contribution is 2.25. The van der Waals surface area contributed by atoms with Crippen molar-refractivity contribution < 1.29 is 115 Å². The highest BCUT2D eigenvalue weighted by molar-refractivity contribution is 7.80. The molecule has 2 saturated heterocycles. The van der Waals surface area contributed by atoms with E-state index in [0.717, 1.165) is 19.1 Å². The molecule has 2 aliphatic rings. The van der Waals surface area contributed by atoms with Crippen LogP contribution < -0.4 is 92.1 Å². The number of aliphatic imine (C=N–C) groups is 1. The Labute approximate surface area is 745 Å². The number of carboxylic acid groups (broad SMARTS) is 2. The molecule has 0 saturated carbocycles. The van der Waals surface area contributed by atoms with Crippen molar-refractivity contribution in [3.05, 3.63) is 71.3 Å². The fraction of sp³-hybridized carbons (Fsp3) is 0.627. The number of carbonyl (C=O) groups excluding carboxylic acids is 16. The molecule has 4 rings (SSSR count). The Hall–Kier alpha value is -11.8. The molecule has 16 amide bonds. The van der Waals surface area contributed by atoms with E-state index >= 15 is 4.39 Å². The summed E-state index contributed by atoms with van der Waals surface area (Å²) in [5.74, 6) is -23.4. The van der Waals surface area contributed by atoms with E-state index in [2.05, 4.69) is 86.7 Å². The van der Waals surface area contributed by atoms with Gasteiger partial charge in [0.1, 0.15) is 96.4 Å². The maximum absolute atomic E-state index is 15.7. The zero-order chi connectivity index (χ0) is 96.3. The van der Waals surface area contributed by atoms with Crippen molar-refractivity contribution in [2.24, 2.45) is 57.5 Å². The average molecular weight is 1830 g/mol. The zero-order valence-corrected chi connectivity index (χ0v) is 74.7. The van der Waals surface area contributed by atoms with Gasteiger partial charge in [-0.25, -0.2) is 13.2 Å². The van der Waals surface area contributed by atoms with E-state index in [1.165, 1.54) is 4.90 Å². The number of nitrogens with one attached hydrogen (secondary N) is 13. The Balaban J connectivity index is 1.49. The first-order valence-corrected chi connectivity index (χ1v) is 43.1. The summed E-state index contributed by atoms with van der Waals surface area (Å²) < 4.78 is 44.8. The Morgan fingerprint density at radius 2 is 0.953 bits per heavy atom. The largest absolute Gasteiger partial charge is 0.481 e. The summed E-state index contributed by atoms with van der Waals surface area (Å²) in [5, 5.41) is 62.2. The van der Waals surface area contributed by atoms with Gasteiger partial charge in [-0.1, -0.05) is 99.6 Å². The summed E-state index contributed by atoms with van der Waals surface area (Å²) in [7, 11) is 0. The van der Waals surface area contributed by atoms with Gasteiger partial charge in [0.25, 0.3) is 0 Å². The lowest BCUT2D eigenvalue weighted by atomic mass is 10.0. The quantitative estimate of drug-likeness (QED) is 0.0133. The van der Waals surface area contributed by atoms with E-state index in [1.54, 1.807) is 85.7 Å². The van der Waals surface area contributed by atoms with Crippen LogP contribution in [-0.2, 0) is 99.1 Å².